The van der Waals surface area contributed by atoms with E-state index < -0.39 is 17.8 Å². The van der Waals surface area contributed by atoms with Crippen LogP contribution < -0.4 is 10.6 Å². The van der Waals surface area contributed by atoms with E-state index in [1.807, 2.05) is 12.1 Å². The molecule has 1 atom stereocenters. The Labute approximate surface area is 201 Å². The van der Waals surface area contributed by atoms with Crippen molar-refractivity contribution in [3.8, 4) is 11.1 Å². The summed E-state index contributed by atoms with van der Waals surface area (Å²) in [4.78, 5) is 23.2. The van der Waals surface area contributed by atoms with Gasteiger partial charge in [-0.15, -0.1) is 0 Å². The number of hydrogen-bond acceptors (Lipinski definition) is 6. The molecule has 1 aromatic carbocycles. The lowest BCUT2D eigenvalue weighted by Gasteiger charge is -2.28. The Morgan fingerprint density at radius 2 is 1.83 bits per heavy atom. The van der Waals surface area contributed by atoms with Crippen molar-refractivity contribution >= 4 is 22.7 Å². The Morgan fingerprint density at radius 3 is 2.49 bits per heavy atom. The fourth-order valence-electron chi connectivity index (χ4n) is 3.95. The number of allylic oxidation sites excluding steroid dienone is 1. The monoisotopic (exact) mass is 482 g/mol. The summed E-state index contributed by atoms with van der Waals surface area (Å²) in [5, 5.41) is 0. The van der Waals surface area contributed by atoms with Crippen LogP contribution in [0, 0.1) is 0 Å². The Balaban J connectivity index is 1.57. The third-order valence-electron chi connectivity index (χ3n) is 6.08. The quantitative estimate of drug-likeness (QED) is 0.395. The number of hydrogen-bond donors (Lipinski definition) is 1. The van der Waals surface area contributed by atoms with Gasteiger partial charge in [-0.25, -0.2) is 0 Å². The lowest BCUT2D eigenvalue weighted by atomic mass is 9.89. The summed E-state index contributed by atoms with van der Waals surface area (Å²) < 4.78 is 43.8. The van der Waals surface area contributed by atoms with Crippen molar-refractivity contribution in [3.05, 3.63) is 78.4 Å². The Kier molecular flexibility index (Phi) is 6.88. The van der Waals surface area contributed by atoms with Crippen LogP contribution in [-0.4, -0.2) is 42.1 Å². The fraction of sp³-hybridized carbons (Fsp3) is 0.269. The van der Waals surface area contributed by atoms with Crippen LogP contribution in [0.2, 0.25) is 0 Å². The molecule has 3 heterocycles. The Bertz CT molecular complexity index is 1240. The first-order valence-corrected chi connectivity index (χ1v) is 11.1. The second-order valence-corrected chi connectivity index (χ2v) is 8.37. The van der Waals surface area contributed by atoms with Gasteiger partial charge in [0.1, 0.15) is 5.69 Å². The van der Waals surface area contributed by atoms with Crippen molar-refractivity contribution in [2.24, 2.45) is 0 Å². The fourth-order valence-corrected chi connectivity index (χ4v) is 3.95. The van der Waals surface area contributed by atoms with Gasteiger partial charge in [-0.1, -0.05) is 25.6 Å². The highest BCUT2D eigenvalue weighted by atomic mass is 19.4. The van der Waals surface area contributed by atoms with Crippen LogP contribution in [0.25, 0.3) is 16.7 Å². The molecule has 1 fully saturated rings. The van der Waals surface area contributed by atoms with E-state index in [-0.39, 0.29) is 11.4 Å². The second-order valence-electron chi connectivity index (χ2n) is 8.37. The number of halogens is 3. The number of carbonyl (C=O) groups is 1. The van der Waals surface area contributed by atoms with Crippen molar-refractivity contribution in [2.45, 2.75) is 19.0 Å². The number of nitrogens with two attached hydrogens (primary N) is 1. The molecule has 182 valence electrons. The topological polar surface area (TPSA) is 81.3 Å². The summed E-state index contributed by atoms with van der Waals surface area (Å²) in [6, 6.07) is 9.48. The largest absolute Gasteiger partial charge is 0.433 e. The standard InChI is InChI=1S/C26H25F3N4O2/c1-16(19-4-6-24(32-14-19)26(27,28)29)25(34)17(2)22-12-18(3-5-23(22)30)20-11-21(15-31-13-20)33-7-9-35-10-8-33/h3-6,11-16H,2,7-10,30H2,1H3/t16-/m1/s1. The highest BCUT2D eigenvalue weighted by Crippen LogP contribution is 2.33. The number of ketones is 1. The number of ether oxygens (including phenoxy) is 1. The average molecular weight is 483 g/mol. The van der Waals surface area contributed by atoms with Crippen LogP contribution in [0.1, 0.15) is 29.7 Å². The van der Waals surface area contributed by atoms with Crippen LogP contribution >= 0.6 is 0 Å². The molecule has 1 aliphatic heterocycles. The minimum absolute atomic E-state index is 0.175. The van der Waals surface area contributed by atoms with Crippen molar-refractivity contribution in [1.29, 1.82) is 0 Å². The van der Waals surface area contributed by atoms with E-state index in [0.717, 1.165) is 42.2 Å². The van der Waals surface area contributed by atoms with Crippen LogP contribution in [0.3, 0.4) is 0 Å². The molecule has 0 aliphatic carbocycles. The van der Waals surface area contributed by atoms with Crippen molar-refractivity contribution in [1.82, 2.24) is 9.97 Å². The van der Waals surface area contributed by atoms with Gasteiger partial charge in [0, 0.05) is 53.8 Å². The van der Waals surface area contributed by atoms with Crippen LogP contribution in [0.15, 0.2) is 61.6 Å². The first-order valence-electron chi connectivity index (χ1n) is 11.1. The Morgan fingerprint density at radius 1 is 1.09 bits per heavy atom. The number of morpholine rings is 1. The predicted octanol–water partition coefficient (Wildman–Crippen LogP) is 4.97. The van der Waals surface area contributed by atoms with E-state index in [1.54, 1.807) is 31.5 Å². The number of carbonyl (C=O) groups excluding carboxylic acids is 1. The predicted molar refractivity (Wildman–Crippen MR) is 129 cm³/mol. The van der Waals surface area contributed by atoms with Crippen LogP contribution in [0.4, 0.5) is 24.5 Å². The maximum atomic E-state index is 13.2. The number of rotatable bonds is 6. The molecule has 0 spiro atoms. The highest BCUT2D eigenvalue weighted by Gasteiger charge is 2.32. The maximum absolute atomic E-state index is 13.2. The lowest BCUT2D eigenvalue weighted by molar-refractivity contribution is -0.141. The molecule has 4 rings (SSSR count). The molecule has 2 aromatic heterocycles. The summed E-state index contributed by atoms with van der Waals surface area (Å²) in [6.45, 7) is 8.42. The summed E-state index contributed by atoms with van der Waals surface area (Å²) in [6.07, 6.45) is 0.0645. The minimum atomic E-state index is -4.54. The van der Waals surface area contributed by atoms with E-state index in [2.05, 4.69) is 21.4 Å². The molecule has 0 radical (unpaired) electrons. The second kappa shape index (κ2) is 9.87. The summed E-state index contributed by atoms with van der Waals surface area (Å²) in [5.74, 6) is -1.10. The zero-order chi connectivity index (χ0) is 25.2. The molecule has 0 unspecified atom stereocenters. The summed E-state index contributed by atoms with van der Waals surface area (Å²) >= 11 is 0. The van der Waals surface area contributed by atoms with E-state index in [1.165, 1.54) is 6.07 Å². The normalized spacial score (nSPS) is 15.0. The third-order valence-corrected chi connectivity index (χ3v) is 6.08. The van der Waals surface area contributed by atoms with Gasteiger partial charge < -0.3 is 15.4 Å². The number of benzene rings is 1. The van der Waals surface area contributed by atoms with Gasteiger partial charge in [0.05, 0.1) is 25.1 Å². The summed E-state index contributed by atoms with van der Waals surface area (Å²) in [7, 11) is 0. The molecule has 0 saturated carbocycles. The number of Topliss-reactive ketones (excluding diaryl/α,β-unsaturated/α-hetero) is 1. The first kappa shape index (κ1) is 24.4. The molecule has 1 saturated heterocycles. The van der Waals surface area contributed by atoms with Crippen LogP contribution in [0.5, 0.6) is 0 Å². The van der Waals surface area contributed by atoms with E-state index in [4.69, 9.17) is 10.5 Å². The van der Waals surface area contributed by atoms with Crippen LogP contribution in [-0.2, 0) is 15.7 Å². The molecule has 0 bridgehead atoms. The molecular weight excluding hydrogens is 457 g/mol. The van der Waals surface area contributed by atoms with E-state index >= 15 is 0 Å². The van der Waals surface area contributed by atoms with Gasteiger partial charge >= 0.3 is 6.18 Å². The number of alkyl halides is 3. The molecule has 6 nitrogen and oxygen atoms in total. The van der Waals surface area contributed by atoms with Gasteiger partial charge in [-0.3, -0.25) is 14.8 Å². The van der Waals surface area contributed by atoms with Crippen molar-refractivity contribution in [2.75, 3.05) is 36.9 Å². The van der Waals surface area contributed by atoms with Gasteiger partial charge in [0.2, 0.25) is 0 Å². The highest BCUT2D eigenvalue weighted by molar-refractivity contribution is 6.24. The zero-order valence-corrected chi connectivity index (χ0v) is 19.2. The van der Waals surface area contributed by atoms with E-state index in [9.17, 15) is 18.0 Å². The molecule has 9 heteroatoms. The number of anilines is 2. The smallest absolute Gasteiger partial charge is 0.398 e. The third kappa shape index (κ3) is 5.35. The molecule has 1 aliphatic rings. The molecule has 3 aromatic rings. The minimum Gasteiger partial charge on any atom is -0.398 e. The number of aromatic nitrogens is 2. The Hall–Kier alpha value is -3.72. The van der Waals surface area contributed by atoms with Gasteiger partial charge in [0.15, 0.2) is 5.78 Å². The SMILES string of the molecule is C=C(C(=O)[C@H](C)c1ccc(C(F)(F)F)nc1)c1cc(-c2cncc(N3CCOCC3)c2)ccc1N. The molecule has 35 heavy (non-hydrogen) atoms. The van der Waals surface area contributed by atoms with Gasteiger partial charge in [-0.2, -0.15) is 13.2 Å². The molecular formula is C26H25F3N4O2. The van der Waals surface area contributed by atoms with Crippen molar-refractivity contribution in [3.63, 3.8) is 0 Å². The maximum Gasteiger partial charge on any atom is 0.433 e. The first-order chi connectivity index (χ1) is 16.6. The number of nitrogens with zero attached hydrogens (tertiary/aromatic N) is 3. The molecule has 2 N–H and O–H groups in total. The zero-order valence-electron chi connectivity index (χ0n) is 19.2. The van der Waals surface area contributed by atoms with Crippen molar-refractivity contribution < 1.29 is 22.7 Å². The van der Waals surface area contributed by atoms with Gasteiger partial charge in [0.25, 0.3) is 0 Å². The number of pyridine rings is 2. The van der Waals surface area contributed by atoms with Gasteiger partial charge in [-0.05, 0) is 35.4 Å². The number of nitrogen functional groups attached to an aromatic ring is 1. The molecule has 0 amide bonds. The lowest BCUT2D eigenvalue weighted by Crippen LogP contribution is -2.36. The average Bonchev–Trinajstić information content (AvgIpc) is 2.88. The van der Waals surface area contributed by atoms with E-state index in [0.29, 0.717) is 30.0 Å². The summed E-state index contributed by atoms with van der Waals surface area (Å²) in [5.41, 5.74) is 9.19.